The van der Waals surface area contributed by atoms with E-state index in [9.17, 15) is 9.59 Å². The summed E-state index contributed by atoms with van der Waals surface area (Å²) in [7, 11) is 1.66. The molecule has 7 heteroatoms. The lowest BCUT2D eigenvalue weighted by molar-refractivity contribution is -0.134. The van der Waals surface area contributed by atoms with E-state index in [4.69, 9.17) is 32.2 Å². The molecule has 0 saturated heterocycles. The van der Waals surface area contributed by atoms with E-state index in [1.165, 1.54) is 89.0 Å². The maximum absolute atomic E-state index is 12.4. The van der Waals surface area contributed by atoms with Crippen LogP contribution in [0.5, 0.6) is 5.75 Å². The molecule has 0 unspecified atom stereocenters. The molecular weight excluding hydrogens is 711 g/mol. The lowest BCUT2D eigenvalue weighted by atomic mass is 9.77. The maximum atomic E-state index is 12.4. The molecule has 7 nitrogen and oxygen atoms in total. The number of pyridine rings is 1. The number of aldehydes is 1. The van der Waals surface area contributed by atoms with Gasteiger partial charge in [-0.15, -0.1) is 24.7 Å². The Kier molecular flexibility index (Phi) is 25.0. The number of unbranched alkanes of at least 4 members (excludes halogenated alkanes) is 3. The van der Waals surface area contributed by atoms with Crippen molar-refractivity contribution in [3.63, 3.8) is 0 Å². The summed E-state index contributed by atoms with van der Waals surface area (Å²) in [4.78, 5) is 35.9. The van der Waals surface area contributed by atoms with Crippen molar-refractivity contribution in [1.82, 2.24) is 4.98 Å². The van der Waals surface area contributed by atoms with Gasteiger partial charge in [0.25, 0.3) is 6.47 Å². The smallest absolute Gasteiger partial charge is 0.311 e. The van der Waals surface area contributed by atoms with E-state index in [1.807, 2.05) is 26.1 Å². The Labute approximate surface area is 345 Å². The zero-order valence-electron chi connectivity index (χ0n) is 35.4. The molecule has 0 bridgehead atoms. The van der Waals surface area contributed by atoms with Gasteiger partial charge in [0.05, 0.1) is 12.3 Å². The zero-order valence-corrected chi connectivity index (χ0v) is 35.4. The van der Waals surface area contributed by atoms with Gasteiger partial charge in [-0.1, -0.05) is 113 Å². The molecular formula is C50H71NO6. The Hall–Kier alpha value is -4.20. The predicted molar refractivity (Wildman–Crippen MR) is 232 cm³/mol. The van der Waals surface area contributed by atoms with Gasteiger partial charge in [0.1, 0.15) is 6.29 Å². The van der Waals surface area contributed by atoms with Crippen molar-refractivity contribution in [3.8, 4) is 30.4 Å². The number of methoxy groups -OCH3 is 1. The number of ether oxygens (including phenoxy) is 2. The molecule has 1 aromatic heterocycles. The number of allylic oxidation sites excluding steroid dienone is 2. The normalized spacial score (nSPS) is 16.4. The Morgan fingerprint density at radius 1 is 0.930 bits per heavy atom. The highest BCUT2D eigenvalue weighted by molar-refractivity contribution is 5.73. The standard InChI is InChI=1S/C24H33NO3.C16H24.C9H12O.CH2O2/c1-5-7-8-9-12-22(26)28-23-19(3)25-17-20(21(23)18-27-4)16-24(13-6-2)14-10-11-15-24;1-3-9-15(10-4-1)11-5-2-6-12-16-13-7-8-14-16;1-2-5-9(8-10)6-3-4-7-9;2-1-3/h2,5,7,17H,8-16,18H2,1,3-4H3;1,3-4,9-10,16H,2,5-8,11-14H2;1,8H,3-7H2;1H,(H,2,3)/b7-5-;;;. The summed E-state index contributed by atoms with van der Waals surface area (Å²) in [5, 5.41) is 6.89. The SMILES string of the molecule is C#CCC1(C=O)CCCC1.C#CCC1(Cc2cnc(C)c(OC(=O)CCC/C=C\C)c2COC)CCCC1.O=CO.c1ccc(CCCCCC2CCCC2)cc1. The number of nitrogens with zero attached hydrogens (tertiary/aromatic N) is 1. The van der Waals surface area contributed by atoms with Gasteiger partial charge in [-0.3, -0.25) is 14.6 Å². The van der Waals surface area contributed by atoms with Crippen molar-refractivity contribution in [1.29, 1.82) is 0 Å². The van der Waals surface area contributed by atoms with Crippen molar-refractivity contribution >= 4 is 18.7 Å². The number of aromatic nitrogens is 1. The third-order valence-electron chi connectivity index (χ3n) is 11.8. The van der Waals surface area contributed by atoms with Crippen LogP contribution in [0.25, 0.3) is 0 Å². The Morgan fingerprint density at radius 2 is 1.58 bits per heavy atom. The van der Waals surface area contributed by atoms with E-state index in [-0.39, 0.29) is 23.3 Å². The van der Waals surface area contributed by atoms with Gasteiger partial charge in [0.15, 0.2) is 5.75 Å². The maximum Gasteiger partial charge on any atom is 0.311 e. The molecule has 5 rings (SSSR count). The molecule has 0 aliphatic heterocycles. The van der Waals surface area contributed by atoms with Crippen molar-refractivity contribution in [2.45, 2.75) is 168 Å². The molecule has 0 radical (unpaired) electrons. The van der Waals surface area contributed by atoms with Crippen LogP contribution in [0.4, 0.5) is 0 Å². The average molecular weight is 782 g/mol. The first-order valence-corrected chi connectivity index (χ1v) is 21.5. The van der Waals surface area contributed by atoms with Crippen LogP contribution in [0, 0.1) is 48.4 Å². The minimum Gasteiger partial charge on any atom is -0.483 e. The summed E-state index contributed by atoms with van der Waals surface area (Å²) in [6.45, 7) is 4.00. The second-order valence-electron chi connectivity index (χ2n) is 16.2. The van der Waals surface area contributed by atoms with Gasteiger partial charge >= 0.3 is 5.97 Å². The number of carbonyl (C=O) groups excluding carboxylic acids is 2. The lowest BCUT2D eigenvalue weighted by Gasteiger charge is -2.28. The average Bonchev–Trinajstić information content (AvgIpc) is 4.02. The molecule has 0 atom stereocenters. The highest BCUT2D eigenvalue weighted by Crippen LogP contribution is 2.45. The van der Waals surface area contributed by atoms with Crippen molar-refractivity contribution in [2.75, 3.05) is 7.11 Å². The monoisotopic (exact) mass is 782 g/mol. The van der Waals surface area contributed by atoms with Gasteiger partial charge in [0, 0.05) is 43.5 Å². The summed E-state index contributed by atoms with van der Waals surface area (Å²) < 4.78 is 11.2. The largest absolute Gasteiger partial charge is 0.483 e. The fourth-order valence-corrected chi connectivity index (χ4v) is 8.62. The van der Waals surface area contributed by atoms with Gasteiger partial charge < -0.3 is 19.4 Å². The molecule has 57 heavy (non-hydrogen) atoms. The van der Waals surface area contributed by atoms with Crippen molar-refractivity contribution in [3.05, 3.63) is 71.1 Å². The van der Waals surface area contributed by atoms with Crippen LogP contribution in [0.2, 0.25) is 0 Å². The number of carboxylic acid groups (broad SMARTS) is 1. The summed E-state index contributed by atoms with van der Waals surface area (Å²) in [5.74, 6) is 6.86. The molecule has 2 aromatic rings. The van der Waals surface area contributed by atoms with Crippen molar-refractivity contribution < 1.29 is 29.0 Å². The Morgan fingerprint density at radius 3 is 2.18 bits per heavy atom. The van der Waals surface area contributed by atoms with Crippen LogP contribution in [0.3, 0.4) is 0 Å². The second-order valence-corrected chi connectivity index (χ2v) is 16.2. The van der Waals surface area contributed by atoms with Crippen LogP contribution in [-0.4, -0.2) is 35.9 Å². The molecule has 3 saturated carbocycles. The lowest BCUT2D eigenvalue weighted by Crippen LogP contribution is -2.21. The van der Waals surface area contributed by atoms with E-state index >= 15 is 0 Å². The molecule has 1 heterocycles. The number of hydrogen-bond acceptors (Lipinski definition) is 6. The first-order valence-electron chi connectivity index (χ1n) is 21.5. The molecule has 0 amide bonds. The molecule has 1 aromatic carbocycles. The molecule has 312 valence electrons. The fourth-order valence-electron chi connectivity index (χ4n) is 8.62. The quantitative estimate of drug-likeness (QED) is 0.0528. The first kappa shape index (κ1) is 48.9. The Bertz CT molecular complexity index is 1530. The van der Waals surface area contributed by atoms with E-state index < -0.39 is 0 Å². The topological polar surface area (TPSA) is 103 Å². The van der Waals surface area contributed by atoms with E-state index in [0.717, 1.165) is 80.4 Å². The molecule has 1 N–H and O–H groups in total. The molecule has 3 fully saturated rings. The van der Waals surface area contributed by atoms with E-state index in [1.54, 1.807) is 7.11 Å². The highest BCUT2D eigenvalue weighted by Gasteiger charge is 2.35. The number of hydrogen-bond donors (Lipinski definition) is 1. The summed E-state index contributed by atoms with van der Waals surface area (Å²) in [6.07, 6.45) is 44.2. The summed E-state index contributed by atoms with van der Waals surface area (Å²) in [5.41, 5.74) is 4.23. The Balaban J connectivity index is 0.000000322. The fraction of sp³-hybridized carbons (Fsp3) is 0.600. The number of terminal acetylenes is 2. The van der Waals surface area contributed by atoms with Gasteiger partial charge in [-0.25, -0.2) is 0 Å². The number of benzene rings is 1. The number of carbonyl (C=O) groups is 3. The van der Waals surface area contributed by atoms with Gasteiger partial charge in [-0.2, -0.15) is 0 Å². The molecule has 0 spiro atoms. The molecule has 3 aliphatic rings. The second kappa shape index (κ2) is 29.1. The van der Waals surface area contributed by atoms with Crippen LogP contribution < -0.4 is 4.74 Å². The van der Waals surface area contributed by atoms with Crippen LogP contribution in [0.15, 0.2) is 48.7 Å². The number of esters is 1. The van der Waals surface area contributed by atoms with Gasteiger partial charge in [0.2, 0.25) is 0 Å². The zero-order chi connectivity index (χ0) is 41.6. The van der Waals surface area contributed by atoms with Crippen LogP contribution in [-0.2, 0) is 38.6 Å². The predicted octanol–water partition coefficient (Wildman–Crippen LogP) is 11.8. The first-order chi connectivity index (χ1) is 27.7. The van der Waals surface area contributed by atoms with Crippen LogP contribution >= 0.6 is 0 Å². The summed E-state index contributed by atoms with van der Waals surface area (Å²) in [6, 6.07) is 10.9. The minimum absolute atomic E-state index is 0.127. The third-order valence-corrected chi connectivity index (χ3v) is 11.8. The molecule has 3 aliphatic carbocycles. The summed E-state index contributed by atoms with van der Waals surface area (Å²) >= 11 is 0. The third kappa shape index (κ3) is 18.7. The van der Waals surface area contributed by atoms with E-state index in [0.29, 0.717) is 25.2 Å². The number of aryl methyl sites for hydroxylation is 2. The number of rotatable bonds is 18. The van der Waals surface area contributed by atoms with E-state index in [2.05, 4.69) is 53.2 Å². The van der Waals surface area contributed by atoms with Gasteiger partial charge in [-0.05, 0) is 94.1 Å². The highest BCUT2D eigenvalue weighted by atomic mass is 16.5. The minimum atomic E-state index is -0.250. The van der Waals surface area contributed by atoms with Crippen LogP contribution in [0.1, 0.15) is 164 Å². The van der Waals surface area contributed by atoms with Crippen molar-refractivity contribution in [2.24, 2.45) is 16.7 Å².